The highest BCUT2D eigenvalue weighted by molar-refractivity contribution is 5.74. The van der Waals surface area contributed by atoms with Crippen LogP contribution in [0.5, 0.6) is 0 Å². The molecule has 0 saturated carbocycles. The number of imidazole rings is 1. The maximum atomic E-state index is 4.56. The Balaban J connectivity index is 2.63. The molecule has 0 radical (unpaired) electrons. The molecule has 0 aliphatic carbocycles. The van der Waals surface area contributed by atoms with Crippen molar-refractivity contribution in [2.45, 2.75) is 26.4 Å². The number of hydrogen-bond donors (Lipinski definition) is 1. The number of pyridine rings is 1. The van der Waals surface area contributed by atoms with Gasteiger partial charge < -0.3 is 9.88 Å². The SMILES string of the molecule is CNCc1nc2cnccc2n1C(C)C. The quantitative estimate of drug-likeness (QED) is 0.828. The number of rotatable bonds is 3. The number of fused-ring (bicyclic) bond motifs is 1. The summed E-state index contributed by atoms with van der Waals surface area (Å²) in [6.07, 6.45) is 3.62. The van der Waals surface area contributed by atoms with Crippen LogP contribution in [0.3, 0.4) is 0 Å². The van der Waals surface area contributed by atoms with E-state index in [-0.39, 0.29) is 0 Å². The summed E-state index contributed by atoms with van der Waals surface area (Å²) in [6, 6.07) is 2.43. The average molecular weight is 204 g/mol. The Bertz CT molecular complexity index is 459. The van der Waals surface area contributed by atoms with Crippen LogP contribution < -0.4 is 5.32 Å². The van der Waals surface area contributed by atoms with E-state index < -0.39 is 0 Å². The topological polar surface area (TPSA) is 42.7 Å². The van der Waals surface area contributed by atoms with Gasteiger partial charge in [0.25, 0.3) is 0 Å². The molecule has 15 heavy (non-hydrogen) atoms. The van der Waals surface area contributed by atoms with Crippen molar-refractivity contribution in [1.82, 2.24) is 19.9 Å². The first-order valence-electron chi connectivity index (χ1n) is 5.19. The van der Waals surface area contributed by atoms with Crippen LogP contribution in [0.1, 0.15) is 25.7 Å². The predicted octanol–water partition coefficient (Wildman–Crippen LogP) is 1.73. The molecule has 2 aromatic heterocycles. The van der Waals surface area contributed by atoms with Crippen molar-refractivity contribution < 1.29 is 0 Å². The first kappa shape index (κ1) is 10.1. The molecule has 0 bridgehead atoms. The normalized spacial score (nSPS) is 11.5. The molecule has 0 aliphatic rings. The Labute approximate surface area is 89.3 Å². The Hall–Kier alpha value is -1.42. The minimum atomic E-state index is 0.417. The summed E-state index contributed by atoms with van der Waals surface area (Å²) in [5, 5.41) is 3.14. The Morgan fingerprint density at radius 1 is 1.47 bits per heavy atom. The summed E-state index contributed by atoms with van der Waals surface area (Å²) in [5.74, 6) is 1.07. The number of nitrogens with zero attached hydrogens (tertiary/aromatic N) is 3. The van der Waals surface area contributed by atoms with Crippen LogP contribution in [0.4, 0.5) is 0 Å². The predicted molar refractivity (Wildman–Crippen MR) is 60.7 cm³/mol. The van der Waals surface area contributed by atoms with Gasteiger partial charge in [-0.1, -0.05) is 0 Å². The van der Waals surface area contributed by atoms with Crippen molar-refractivity contribution in [3.05, 3.63) is 24.3 Å². The van der Waals surface area contributed by atoms with Gasteiger partial charge >= 0.3 is 0 Å². The maximum Gasteiger partial charge on any atom is 0.124 e. The van der Waals surface area contributed by atoms with Crippen molar-refractivity contribution in [1.29, 1.82) is 0 Å². The monoisotopic (exact) mass is 204 g/mol. The molecule has 4 heteroatoms. The highest BCUT2D eigenvalue weighted by Crippen LogP contribution is 2.19. The lowest BCUT2D eigenvalue weighted by molar-refractivity contribution is 0.570. The molecule has 80 valence electrons. The van der Waals surface area contributed by atoms with Gasteiger partial charge in [-0.3, -0.25) is 4.98 Å². The van der Waals surface area contributed by atoms with Gasteiger partial charge in [-0.25, -0.2) is 4.98 Å². The molecule has 0 aliphatic heterocycles. The van der Waals surface area contributed by atoms with Crippen molar-refractivity contribution in [3.8, 4) is 0 Å². The minimum Gasteiger partial charge on any atom is -0.324 e. The first-order valence-corrected chi connectivity index (χ1v) is 5.19. The summed E-state index contributed by atoms with van der Waals surface area (Å²) in [7, 11) is 1.93. The largest absolute Gasteiger partial charge is 0.324 e. The Kier molecular flexibility index (Phi) is 2.68. The fourth-order valence-corrected chi connectivity index (χ4v) is 1.86. The zero-order valence-electron chi connectivity index (χ0n) is 9.36. The fraction of sp³-hybridized carbons (Fsp3) is 0.455. The Morgan fingerprint density at radius 2 is 2.27 bits per heavy atom. The molecule has 4 nitrogen and oxygen atoms in total. The molecule has 0 unspecified atom stereocenters. The molecule has 0 fully saturated rings. The lowest BCUT2D eigenvalue weighted by atomic mass is 10.3. The van der Waals surface area contributed by atoms with E-state index in [0.29, 0.717) is 6.04 Å². The second-order valence-electron chi connectivity index (χ2n) is 3.89. The summed E-state index contributed by atoms with van der Waals surface area (Å²) >= 11 is 0. The van der Waals surface area contributed by atoms with Gasteiger partial charge in [0.05, 0.1) is 18.3 Å². The van der Waals surface area contributed by atoms with Gasteiger partial charge in [-0.2, -0.15) is 0 Å². The average Bonchev–Trinajstić information content (AvgIpc) is 2.56. The molecule has 0 aromatic carbocycles. The van der Waals surface area contributed by atoms with Crippen molar-refractivity contribution >= 4 is 11.0 Å². The fourth-order valence-electron chi connectivity index (χ4n) is 1.86. The van der Waals surface area contributed by atoms with E-state index in [4.69, 9.17) is 0 Å². The van der Waals surface area contributed by atoms with E-state index in [1.165, 1.54) is 0 Å². The molecule has 0 saturated heterocycles. The highest BCUT2D eigenvalue weighted by Gasteiger charge is 2.11. The van der Waals surface area contributed by atoms with Crippen LogP contribution in [0.2, 0.25) is 0 Å². The lowest BCUT2D eigenvalue weighted by Crippen LogP contribution is -2.13. The van der Waals surface area contributed by atoms with Gasteiger partial charge in [0.1, 0.15) is 11.3 Å². The van der Waals surface area contributed by atoms with Crippen LogP contribution in [0.15, 0.2) is 18.5 Å². The van der Waals surface area contributed by atoms with Gasteiger partial charge in [0, 0.05) is 12.2 Å². The number of hydrogen-bond acceptors (Lipinski definition) is 3. The highest BCUT2D eigenvalue weighted by atomic mass is 15.1. The first-order chi connectivity index (χ1) is 7.24. The zero-order chi connectivity index (χ0) is 10.8. The van der Waals surface area contributed by atoms with E-state index in [1.807, 2.05) is 25.5 Å². The maximum absolute atomic E-state index is 4.56. The van der Waals surface area contributed by atoms with Gasteiger partial charge in [0.15, 0.2) is 0 Å². The second kappa shape index (κ2) is 3.98. The molecular formula is C11H16N4. The molecule has 2 heterocycles. The van der Waals surface area contributed by atoms with Gasteiger partial charge in [-0.05, 0) is 27.0 Å². The van der Waals surface area contributed by atoms with Crippen LogP contribution in [0, 0.1) is 0 Å². The summed E-state index contributed by atoms with van der Waals surface area (Å²) in [5.41, 5.74) is 2.13. The lowest BCUT2D eigenvalue weighted by Gasteiger charge is -2.12. The third-order valence-corrected chi connectivity index (χ3v) is 2.42. The van der Waals surface area contributed by atoms with Crippen molar-refractivity contribution in [2.24, 2.45) is 0 Å². The number of nitrogens with one attached hydrogen (secondary N) is 1. The summed E-state index contributed by atoms with van der Waals surface area (Å²) in [6.45, 7) is 5.12. The Morgan fingerprint density at radius 3 is 2.93 bits per heavy atom. The van der Waals surface area contributed by atoms with E-state index in [9.17, 15) is 0 Å². The number of aromatic nitrogens is 3. The van der Waals surface area contributed by atoms with Crippen molar-refractivity contribution in [3.63, 3.8) is 0 Å². The molecule has 0 amide bonds. The smallest absolute Gasteiger partial charge is 0.124 e. The van der Waals surface area contributed by atoms with Crippen molar-refractivity contribution in [2.75, 3.05) is 7.05 Å². The zero-order valence-corrected chi connectivity index (χ0v) is 9.36. The van der Waals surface area contributed by atoms with E-state index >= 15 is 0 Å². The molecular weight excluding hydrogens is 188 g/mol. The van der Waals surface area contributed by atoms with E-state index in [1.54, 1.807) is 0 Å². The third kappa shape index (κ3) is 1.72. The molecule has 2 aromatic rings. The molecule has 0 atom stereocenters. The van der Waals surface area contributed by atoms with E-state index in [0.717, 1.165) is 23.4 Å². The molecule has 1 N–H and O–H groups in total. The molecule has 0 spiro atoms. The van der Waals surface area contributed by atoms with Crippen LogP contribution in [0.25, 0.3) is 11.0 Å². The second-order valence-corrected chi connectivity index (χ2v) is 3.89. The van der Waals surface area contributed by atoms with Crippen LogP contribution in [-0.2, 0) is 6.54 Å². The summed E-state index contributed by atoms with van der Waals surface area (Å²) in [4.78, 5) is 8.65. The third-order valence-electron chi connectivity index (χ3n) is 2.42. The van der Waals surface area contributed by atoms with Crippen LogP contribution in [-0.4, -0.2) is 21.6 Å². The van der Waals surface area contributed by atoms with Gasteiger partial charge in [0.2, 0.25) is 0 Å². The van der Waals surface area contributed by atoms with E-state index in [2.05, 4.69) is 33.7 Å². The van der Waals surface area contributed by atoms with Gasteiger partial charge in [-0.15, -0.1) is 0 Å². The molecule has 2 rings (SSSR count). The summed E-state index contributed by atoms with van der Waals surface area (Å²) < 4.78 is 2.24. The standard InChI is InChI=1S/C11H16N4/c1-8(2)15-10-4-5-13-6-9(10)14-11(15)7-12-3/h4-6,8,12H,7H2,1-3H3. The van der Waals surface area contributed by atoms with Crippen LogP contribution >= 0.6 is 0 Å². The minimum absolute atomic E-state index is 0.417.